The Morgan fingerprint density at radius 3 is 2.71 bits per heavy atom. The number of aryl methyl sites for hydroxylation is 1. The SMILES string of the molecule is Cc1ccc(OCCNCC(OP)c2cccnc2)cc1. The van der Waals surface area contributed by atoms with E-state index in [1.165, 1.54) is 5.56 Å². The molecule has 1 heterocycles. The average molecular weight is 304 g/mol. The van der Waals surface area contributed by atoms with E-state index in [1.807, 2.05) is 42.6 Å². The summed E-state index contributed by atoms with van der Waals surface area (Å²) >= 11 is 0. The predicted molar refractivity (Wildman–Crippen MR) is 87.3 cm³/mol. The van der Waals surface area contributed by atoms with E-state index >= 15 is 0 Å². The van der Waals surface area contributed by atoms with Crippen LogP contribution in [0.4, 0.5) is 0 Å². The molecule has 0 fully saturated rings. The van der Waals surface area contributed by atoms with Gasteiger partial charge in [0.2, 0.25) is 0 Å². The Balaban J connectivity index is 1.68. The van der Waals surface area contributed by atoms with E-state index < -0.39 is 0 Å². The highest BCUT2D eigenvalue weighted by atomic mass is 31.0. The fourth-order valence-electron chi connectivity index (χ4n) is 1.92. The van der Waals surface area contributed by atoms with Gasteiger partial charge < -0.3 is 14.6 Å². The third-order valence-corrected chi connectivity index (χ3v) is 3.45. The standard InChI is InChI=1S/C16H21N2O2P/c1-13-4-6-15(7-5-13)19-10-9-18-12-16(20-21)14-3-2-8-17-11-14/h2-8,11,16,18H,9-10,12,21H2,1H3. The molecule has 1 aromatic carbocycles. The topological polar surface area (TPSA) is 43.4 Å². The van der Waals surface area contributed by atoms with Gasteiger partial charge in [-0.3, -0.25) is 4.98 Å². The Kier molecular flexibility index (Phi) is 6.61. The van der Waals surface area contributed by atoms with Crippen molar-refractivity contribution in [1.82, 2.24) is 10.3 Å². The van der Waals surface area contributed by atoms with E-state index in [4.69, 9.17) is 9.26 Å². The van der Waals surface area contributed by atoms with Crippen molar-refractivity contribution in [1.29, 1.82) is 0 Å². The molecular weight excluding hydrogens is 283 g/mol. The molecule has 0 bridgehead atoms. The summed E-state index contributed by atoms with van der Waals surface area (Å²) in [6.45, 7) is 4.16. The Morgan fingerprint density at radius 1 is 1.24 bits per heavy atom. The third kappa shape index (κ3) is 5.43. The zero-order valence-corrected chi connectivity index (χ0v) is 13.3. The molecule has 112 valence electrons. The van der Waals surface area contributed by atoms with Crippen molar-refractivity contribution < 1.29 is 9.26 Å². The largest absolute Gasteiger partial charge is 0.492 e. The molecule has 2 atom stereocenters. The fraction of sp³-hybridized carbons (Fsp3) is 0.312. The number of ether oxygens (including phenoxy) is 1. The van der Waals surface area contributed by atoms with Gasteiger partial charge in [-0.2, -0.15) is 0 Å². The molecule has 0 spiro atoms. The molecule has 0 saturated heterocycles. The number of nitrogens with zero attached hydrogens (tertiary/aromatic N) is 1. The molecule has 1 aromatic heterocycles. The normalized spacial score (nSPS) is 12.1. The molecule has 21 heavy (non-hydrogen) atoms. The molecule has 4 nitrogen and oxygen atoms in total. The van der Waals surface area contributed by atoms with E-state index in [0.717, 1.165) is 17.9 Å². The van der Waals surface area contributed by atoms with Crippen LogP contribution in [0.25, 0.3) is 0 Å². The van der Waals surface area contributed by atoms with Gasteiger partial charge in [0.15, 0.2) is 0 Å². The van der Waals surface area contributed by atoms with Gasteiger partial charge in [0, 0.05) is 40.5 Å². The number of benzene rings is 1. The number of aromatic nitrogens is 1. The van der Waals surface area contributed by atoms with Crippen LogP contribution in [-0.2, 0) is 4.52 Å². The van der Waals surface area contributed by atoms with E-state index in [0.29, 0.717) is 13.2 Å². The van der Waals surface area contributed by atoms with Gasteiger partial charge in [0.05, 0.1) is 6.10 Å². The summed E-state index contributed by atoms with van der Waals surface area (Å²) in [6.07, 6.45) is 3.55. The highest BCUT2D eigenvalue weighted by Gasteiger charge is 2.09. The summed E-state index contributed by atoms with van der Waals surface area (Å²) in [5.74, 6) is 0.897. The van der Waals surface area contributed by atoms with Crippen molar-refractivity contribution >= 4 is 9.47 Å². The molecule has 0 aliphatic heterocycles. The maximum atomic E-state index is 5.66. The monoisotopic (exact) mass is 304 g/mol. The van der Waals surface area contributed by atoms with Gasteiger partial charge in [0.1, 0.15) is 12.4 Å². The van der Waals surface area contributed by atoms with Gasteiger partial charge in [-0.25, -0.2) is 0 Å². The highest BCUT2D eigenvalue weighted by Crippen LogP contribution is 2.17. The third-order valence-electron chi connectivity index (χ3n) is 3.12. The van der Waals surface area contributed by atoms with Crippen LogP contribution < -0.4 is 10.1 Å². The van der Waals surface area contributed by atoms with Gasteiger partial charge in [-0.05, 0) is 25.1 Å². The Bertz CT molecular complexity index is 520. The minimum Gasteiger partial charge on any atom is -0.492 e. The van der Waals surface area contributed by atoms with Gasteiger partial charge >= 0.3 is 0 Å². The van der Waals surface area contributed by atoms with Crippen molar-refractivity contribution in [2.24, 2.45) is 0 Å². The predicted octanol–water partition coefficient (Wildman–Crippen LogP) is 2.91. The molecule has 5 heteroatoms. The maximum absolute atomic E-state index is 5.66. The average Bonchev–Trinajstić information content (AvgIpc) is 2.53. The first-order valence-corrected chi connectivity index (χ1v) is 7.42. The second kappa shape index (κ2) is 8.73. The zero-order valence-electron chi connectivity index (χ0n) is 12.2. The number of nitrogens with one attached hydrogen (secondary N) is 1. The molecule has 2 rings (SSSR count). The molecule has 2 aromatic rings. The van der Waals surface area contributed by atoms with Gasteiger partial charge in [-0.1, -0.05) is 23.8 Å². The molecule has 0 amide bonds. The van der Waals surface area contributed by atoms with E-state index in [1.54, 1.807) is 6.20 Å². The molecule has 0 aliphatic rings. The summed E-state index contributed by atoms with van der Waals surface area (Å²) in [5, 5.41) is 3.33. The van der Waals surface area contributed by atoms with Crippen LogP contribution in [0.5, 0.6) is 5.75 Å². The maximum Gasteiger partial charge on any atom is 0.119 e. The van der Waals surface area contributed by atoms with Crippen LogP contribution in [0.1, 0.15) is 17.2 Å². The second-order valence-corrected chi connectivity index (χ2v) is 5.05. The molecule has 1 N–H and O–H groups in total. The lowest BCUT2D eigenvalue weighted by Gasteiger charge is -2.16. The minimum absolute atomic E-state index is 0.0249. The van der Waals surface area contributed by atoms with E-state index in [9.17, 15) is 0 Å². The van der Waals surface area contributed by atoms with Crippen molar-refractivity contribution in [3.05, 3.63) is 59.9 Å². The Morgan fingerprint density at radius 2 is 2.05 bits per heavy atom. The van der Waals surface area contributed by atoms with Crippen LogP contribution in [-0.4, -0.2) is 24.7 Å². The van der Waals surface area contributed by atoms with Crippen molar-refractivity contribution in [2.75, 3.05) is 19.7 Å². The zero-order chi connectivity index (χ0) is 14.9. The summed E-state index contributed by atoms with van der Waals surface area (Å²) in [6, 6.07) is 12.0. The summed E-state index contributed by atoms with van der Waals surface area (Å²) in [5.41, 5.74) is 2.29. The van der Waals surface area contributed by atoms with Crippen molar-refractivity contribution in [3.8, 4) is 5.75 Å². The summed E-state index contributed by atoms with van der Waals surface area (Å²) in [7, 11) is 2.31. The van der Waals surface area contributed by atoms with E-state index in [2.05, 4.69) is 26.7 Å². The summed E-state index contributed by atoms with van der Waals surface area (Å²) < 4.78 is 11.0. The number of hydrogen-bond donors (Lipinski definition) is 1. The number of rotatable bonds is 8. The first kappa shape index (κ1) is 15.9. The molecule has 0 radical (unpaired) electrons. The van der Waals surface area contributed by atoms with Crippen LogP contribution in [0.2, 0.25) is 0 Å². The van der Waals surface area contributed by atoms with Gasteiger partial charge in [0.25, 0.3) is 0 Å². The highest BCUT2D eigenvalue weighted by molar-refractivity contribution is 7.09. The molecule has 0 saturated carbocycles. The number of pyridine rings is 1. The smallest absolute Gasteiger partial charge is 0.119 e. The number of hydrogen-bond acceptors (Lipinski definition) is 4. The molecule has 2 unspecified atom stereocenters. The van der Waals surface area contributed by atoms with Crippen LogP contribution in [0.3, 0.4) is 0 Å². The van der Waals surface area contributed by atoms with E-state index in [-0.39, 0.29) is 6.10 Å². The Hall–Kier alpha value is -1.48. The quantitative estimate of drug-likeness (QED) is 0.601. The van der Waals surface area contributed by atoms with Gasteiger partial charge in [-0.15, -0.1) is 0 Å². The first-order chi connectivity index (χ1) is 10.3. The fourth-order valence-corrected chi connectivity index (χ4v) is 2.17. The second-order valence-electron chi connectivity index (χ2n) is 4.78. The van der Waals surface area contributed by atoms with Crippen molar-refractivity contribution in [2.45, 2.75) is 13.0 Å². The van der Waals surface area contributed by atoms with Crippen LogP contribution in [0.15, 0.2) is 48.8 Å². The lowest BCUT2D eigenvalue weighted by molar-refractivity contribution is 0.231. The Labute approximate surface area is 128 Å². The van der Waals surface area contributed by atoms with Crippen LogP contribution >= 0.6 is 9.47 Å². The first-order valence-electron chi connectivity index (χ1n) is 6.95. The minimum atomic E-state index is -0.0249. The van der Waals surface area contributed by atoms with Crippen LogP contribution in [0, 0.1) is 6.92 Å². The van der Waals surface area contributed by atoms with Crippen molar-refractivity contribution in [3.63, 3.8) is 0 Å². The molecule has 0 aliphatic carbocycles. The lowest BCUT2D eigenvalue weighted by atomic mass is 10.1. The molecular formula is C16H21N2O2P. The lowest BCUT2D eigenvalue weighted by Crippen LogP contribution is -2.26. The summed E-state index contributed by atoms with van der Waals surface area (Å²) in [4.78, 5) is 4.10.